The van der Waals surface area contributed by atoms with E-state index in [0.29, 0.717) is 6.61 Å². The average molecular weight is 312 g/mol. The SMILES string of the molecule is CC(C)(C)[Si](OC[C@H]1CO1)(c1ccccc1)c1ccccc1. The molecule has 0 amide bonds. The monoisotopic (exact) mass is 312 g/mol. The molecule has 2 aromatic carbocycles. The largest absolute Gasteiger partial charge is 0.405 e. The van der Waals surface area contributed by atoms with Crippen molar-refractivity contribution in [3.63, 3.8) is 0 Å². The minimum absolute atomic E-state index is 0.0462. The van der Waals surface area contributed by atoms with Gasteiger partial charge in [-0.15, -0.1) is 0 Å². The highest BCUT2D eigenvalue weighted by atomic mass is 28.4. The maximum atomic E-state index is 6.70. The molecule has 0 aliphatic carbocycles. The van der Waals surface area contributed by atoms with Crippen LogP contribution in [0, 0.1) is 0 Å². The third-order valence-electron chi connectivity index (χ3n) is 4.30. The molecule has 0 spiro atoms. The van der Waals surface area contributed by atoms with Crippen molar-refractivity contribution in [2.24, 2.45) is 0 Å². The highest BCUT2D eigenvalue weighted by molar-refractivity contribution is 6.99. The fraction of sp³-hybridized carbons (Fsp3) is 0.368. The molecule has 1 heterocycles. The lowest BCUT2D eigenvalue weighted by Crippen LogP contribution is -2.66. The molecule has 0 N–H and O–H groups in total. The number of ether oxygens (including phenoxy) is 1. The molecule has 1 saturated heterocycles. The summed E-state index contributed by atoms with van der Waals surface area (Å²) >= 11 is 0. The fourth-order valence-electron chi connectivity index (χ4n) is 3.14. The molecule has 0 unspecified atom stereocenters. The predicted molar refractivity (Wildman–Crippen MR) is 93.3 cm³/mol. The molecule has 3 heteroatoms. The van der Waals surface area contributed by atoms with Crippen LogP contribution in [0.1, 0.15) is 20.8 Å². The van der Waals surface area contributed by atoms with Gasteiger partial charge >= 0.3 is 0 Å². The topological polar surface area (TPSA) is 21.8 Å². The lowest BCUT2D eigenvalue weighted by molar-refractivity contribution is 0.250. The van der Waals surface area contributed by atoms with E-state index in [0.717, 1.165) is 6.61 Å². The van der Waals surface area contributed by atoms with Crippen LogP contribution < -0.4 is 10.4 Å². The molecular weight excluding hydrogens is 288 g/mol. The summed E-state index contributed by atoms with van der Waals surface area (Å²) in [5.41, 5.74) is 0. The maximum Gasteiger partial charge on any atom is 0.261 e. The third kappa shape index (κ3) is 2.89. The van der Waals surface area contributed by atoms with Gasteiger partial charge < -0.3 is 9.16 Å². The van der Waals surface area contributed by atoms with Gasteiger partial charge in [0.05, 0.1) is 13.2 Å². The van der Waals surface area contributed by atoms with E-state index >= 15 is 0 Å². The van der Waals surface area contributed by atoms with E-state index in [2.05, 4.69) is 81.4 Å². The zero-order valence-corrected chi connectivity index (χ0v) is 14.6. The Balaban J connectivity index is 2.12. The van der Waals surface area contributed by atoms with Crippen LogP contribution in [0.3, 0.4) is 0 Å². The van der Waals surface area contributed by atoms with Gasteiger partial charge in [0.2, 0.25) is 0 Å². The molecule has 1 aliphatic rings. The zero-order valence-electron chi connectivity index (χ0n) is 13.6. The molecule has 0 bridgehead atoms. The number of rotatable bonds is 5. The molecule has 1 fully saturated rings. The van der Waals surface area contributed by atoms with E-state index < -0.39 is 8.32 Å². The van der Waals surface area contributed by atoms with Gasteiger partial charge in [-0.3, -0.25) is 0 Å². The van der Waals surface area contributed by atoms with Crippen molar-refractivity contribution >= 4 is 18.7 Å². The Morgan fingerprint density at radius 1 is 0.955 bits per heavy atom. The Morgan fingerprint density at radius 3 is 1.77 bits per heavy atom. The Labute approximate surface area is 134 Å². The van der Waals surface area contributed by atoms with Crippen LogP contribution in [0.4, 0.5) is 0 Å². The van der Waals surface area contributed by atoms with Crippen molar-refractivity contribution in [3.05, 3.63) is 60.7 Å². The second-order valence-corrected chi connectivity index (χ2v) is 11.2. The summed E-state index contributed by atoms with van der Waals surface area (Å²) in [4.78, 5) is 0. The molecule has 0 radical (unpaired) electrons. The minimum Gasteiger partial charge on any atom is -0.405 e. The maximum absolute atomic E-state index is 6.70. The highest BCUT2D eigenvalue weighted by Gasteiger charge is 2.50. The first-order valence-corrected chi connectivity index (χ1v) is 9.81. The van der Waals surface area contributed by atoms with Gasteiger partial charge in [0.25, 0.3) is 8.32 Å². The summed E-state index contributed by atoms with van der Waals surface area (Å²) in [6.45, 7) is 8.42. The van der Waals surface area contributed by atoms with Gasteiger partial charge in [0.1, 0.15) is 6.10 Å². The van der Waals surface area contributed by atoms with Crippen LogP contribution in [-0.2, 0) is 9.16 Å². The fourth-order valence-corrected chi connectivity index (χ4v) is 7.74. The standard InChI is InChI=1S/C19H24O2Si/c1-19(2,3)22(21-15-16-14-20-16,17-10-6-4-7-11-17)18-12-8-5-9-13-18/h4-13,16H,14-15H2,1-3H3/t16-/m1/s1. The second kappa shape index (κ2) is 5.99. The van der Waals surface area contributed by atoms with Crippen LogP contribution in [0.15, 0.2) is 60.7 Å². The van der Waals surface area contributed by atoms with Crippen molar-refractivity contribution in [2.75, 3.05) is 13.2 Å². The molecule has 1 atom stereocenters. The molecule has 1 aliphatic heterocycles. The van der Waals surface area contributed by atoms with Crippen LogP contribution >= 0.6 is 0 Å². The van der Waals surface area contributed by atoms with E-state index in [1.165, 1.54) is 10.4 Å². The molecule has 2 aromatic rings. The van der Waals surface area contributed by atoms with Crippen LogP contribution in [0.25, 0.3) is 0 Å². The van der Waals surface area contributed by atoms with Crippen LogP contribution in [-0.4, -0.2) is 27.6 Å². The zero-order chi connectivity index (χ0) is 15.6. The van der Waals surface area contributed by atoms with Gasteiger partial charge in [0.15, 0.2) is 0 Å². The normalized spacial score (nSPS) is 18.2. The summed E-state index contributed by atoms with van der Waals surface area (Å²) in [7, 11) is -2.35. The summed E-state index contributed by atoms with van der Waals surface area (Å²) in [5.74, 6) is 0. The lowest BCUT2D eigenvalue weighted by atomic mass is 10.2. The smallest absolute Gasteiger partial charge is 0.261 e. The molecule has 22 heavy (non-hydrogen) atoms. The first-order valence-electron chi connectivity index (χ1n) is 7.91. The number of benzene rings is 2. The van der Waals surface area contributed by atoms with Gasteiger partial charge in [-0.2, -0.15) is 0 Å². The molecule has 0 saturated carbocycles. The average Bonchev–Trinajstić information content (AvgIpc) is 3.33. The van der Waals surface area contributed by atoms with E-state index in [1.807, 2.05) is 0 Å². The Kier molecular flexibility index (Phi) is 4.21. The summed E-state index contributed by atoms with van der Waals surface area (Å²) in [5, 5.41) is 2.70. The van der Waals surface area contributed by atoms with Gasteiger partial charge in [-0.25, -0.2) is 0 Å². The molecular formula is C19H24O2Si. The van der Waals surface area contributed by atoms with Crippen molar-refractivity contribution < 1.29 is 9.16 Å². The van der Waals surface area contributed by atoms with Crippen molar-refractivity contribution in [2.45, 2.75) is 31.9 Å². The van der Waals surface area contributed by atoms with Crippen LogP contribution in [0.5, 0.6) is 0 Å². The van der Waals surface area contributed by atoms with E-state index in [1.54, 1.807) is 0 Å². The quantitative estimate of drug-likeness (QED) is 0.625. The van der Waals surface area contributed by atoms with Crippen LogP contribution in [0.2, 0.25) is 5.04 Å². The molecule has 3 rings (SSSR count). The van der Waals surface area contributed by atoms with Gasteiger partial charge in [0, 0.05) is 0 Å². The van der Waals surface area contributed by atoms with E-state index in [4.69, 9.17) is 9.16 Å². The van der Waals surface area contributed by atoms with Gasteiger partial charge in [-0.05, 0) is 15.4 Å². The van der Waals surface area contributed by atoms with Gasteiger partial charge in [-0.1, -0.05) is 81.4 Å². The van der Waals surface area contributed by atoms with E-state index in [9.17, 15) is 0 Å². The Morgan fingerprint density at radius 2 is 1.41 bits per heavy atom. The van der Waals surface area contributed by atoms with E-state index in [-0.39, 0.29) is 11.1 Å². The number of epoxide rings is 1. The Hall–Kier alpha value is -1.42. The first kappa shape index (κ1) is 15.5. The van der Waals surface area contributed by atoms with Crippen molar-refractivity contribution in [1.82, 2.24) is 0 Å². The van der Waals surface area contributed by atoms with Crippen molar-refractivity contribution in [3.8, 4) is 0 Å². The number of hydrogen-bond acceptors (Lipinski definition) is 2. The first-order chi connectivity index (χ1) is 10.5. The lowest BCUT2D eigenvalue weighted by Gasteiger charge is -2.43. The second-order valence-electron chi connectivity index (χ2n) is 6.93. The molecule has 2 nitrogen and oxygen atoms in total. The number of hydrogen-bond donors (Lipinski definition) is 0. The Bertz CT molecular complexity index is 561. The highest BCUT2D eigenvalue weighted by Crippen LogP contribution is 2.37. The minimum atomic E-state index is -2.35. The molecule has 116 valence electrons. The summed E-state index contributed by atoms with van der Waals surface area (Å²) in [6.07, 6.45) is 0.279. The van der Waals surface area contributed by atoms with Crippen molar-refractivity contribution in [1.29, 1.82) is 0 Å². The molecule has 0 aromatic heterocycles. The summed E-state index contributed by atoms with van der Waals surface area (Å²) in [6, 6.07) is 21.5. The third-order valence-corrected chi connectivity index (χ3v) is 9.31. The summed E-state index contributed by atoms with van der Waals surface area (Å²) < 4.78 is 12.1. The predicted octanol–water partition coefficient (Wildman–Crippen LogP) is 2.96.